The average Bonchev–Trinajstić information content (AvgIpc) is 2.55. The van der Waals surface area contributed by atoms with Crippen molar-refractivity contribution in [3.8, 4) is 0 Å². The smallest absolute Gasteiger partial charge is 0.251 e. The summed E-state index contributed by atoms with van der Waals surface area (Å²) in [5.41, 5.74) is 1.99. The van der Waals surface area contributed by atoms with Crippen molar-refractivity contribution in [2.45, 2.75) is 19.3 Å². The molecular weight excluding hydrogens is 324 g/mol. The second-order valence-corrected chi connectivity index (χ2v) is 7.43. The summed E-state index contributed by atoms with van der Waals surface area (Å²) >= 11 is 0. The molecule has 1 unspecified atom stereocenters. The molecule has 0 spiro atoms. The molecule has 24 heavy (non-hydrogen) atoms. The van der Waals surface area contributed by atoms with E-state index in [1.165, 1.54) is 11.6 Å². The number of sulfonamides is 1. The molecule has 6 heteroatoms. The van der Waals surface area contributed by atoms with Gasteiger partial charge in [-0.2, -0.15) is 0 Å². The lowest BCUT2D eigenvalue weighted by molar-refractivity contribution is 0.0951. The second-order valence-electron chi connectivity index (χ2n) is 5.68. The number of carbonyl (C=O) groups is 1. The lowest BCUT2D eigenvalue weighted by atomic mass is 9.96. The molecule has 2 rings (SSSR count). The highest BCUT2D eigenvalue weighted by molar-refractivity contribution is 7.92. The number of benzene rings is 2. The number of amides is 1. The minimum absolute atomic E-state index is 0.221. The van der Waals surface area contributed by atoms with E-state index in [1.54, 1.807) is 18.2 Å². The van der Waals surface area contributed by atoms with Crippen molar-refractivity contribution in [3.63, 3.8) is 0 Å². The molecule has 0 aliphatic carbocycles. The van der Waals surface area contributed by atoms with Gasteiger partial charge in [-0.15, -0.1) is 0 Å². The van der Waals surface area contributed by atoms with Crippen LogP contribution < -0.4 is 10.0 Å². The molecule has 1 amide bonds. The zero-order valence-corrected chi connectivity index (χ0v) is 14.6. The van der Waals surface area contributed by atoms with Crippen molar-refractivity contribution in [2.75, 3.05) is 17.5 Å². The van der Waals surface area contributed by atoms with E-state index in [4.69, 9.17) is 0 Å². The van der Waals surface area contributed by atoms with Gasteiger partial charge in [-0.1, -0.05) is 43.3 Å². The van der Waals surface area contributed by atoms with Gasteiger partial charge in [-0.05, 0) is 30.2 Å². The zero-order chi connectivity index (χ0) is 17.6. The molecule has 1 atom stereocenters. The second kappa shape index (κ2) is 7.97. The Kier molecular flexibility index (Phi) is 5.98. The Labute approximate surface area is 143 Å². The third-order valence-electron chi connectivity index (χ3n) is 3.70. The summed E-state index contributed by atoms with van der Waals surface area (Å²) in [6, 6.07) is 16.5. The van der Waals surface area contributed by atoms with E-state index in [-0.39, 0.29) is 11.8 Å². The molecule has 2 aromatic rings. The molecule has 5 nitrogen and oxygen atoms in total. The number of hydrogen-bond donors (Lipinski definition) is 2. The van der Waals surface area contributed by atoms with E-state index in [1.807, 2.05) is 18.2 Å². The Bertz CT molecular complexity index is 789. The largest absolute Gasteiger partial charge is 0.351 e. The van der Waals surface area contributed by atoms with Crippen LogP contribution in [-0.4, -0.2) is 27.1 Å². The Morgan fingerprint density at radius 1 is 1.08 bits per heavy atom. The van der Waals surface area contributed by atoms with Crippen LogP contribution in [0.25, 0.3) is 0 Å². The highest BCUT2D eigenvalue weighted by Crippen LogP contribution is 2.18. The van der Waals surface area contributed by atoms with Gasteiger partial charge in [0.25, 0.3) is 5.91 Å². The summed E-state index contributed by atoms with van der Waals surface area (Å²) in [7, 11) is -3.37. The summed E-state index contributed by atoms with van der Waals surface area (Å²) < 4.78 is 24.9. The Hall–Kier alpha value is -2.34. The van der Waals surface area contributed by atoms with Crippen LogP contribution in [0.1, 0.15) is 35.2 Å². The van der Waals surface area contributed by atoms with Gasteiger partial charge in [0, 0.05) is 23.7 Å². The Balaban J connectivity index is 2.03. The van der Waals surface area contributed by atoms with Gasteiger partial charge >= 0.3 is 0 Å². The molecule has 128 valence electrons. The van der Waals surface area contributed by atoms with Crippen molar-refractivity contribution in [1.82, 2.24) is 5.32 Å². The van der Waals surface area contributed by atoms with Gasteiger partial charge in [0.15, 0.2) is 0 Å². The third kappa shape index (κ3) is 5.38. The SMILES string of the molecule is CCC(CNC(=O)c1cccc(NS(C)(=O)=O)c1)c1ccccc1. The molecule has 0 heterocycles. The fourth-order valence-electron chi connectivity index (χ4n) is 2.48. The predicted molar refractivity (Wildman–Crippen MR) is 96.7 cm³/mol. The summed E-state index contributed by atoms with van der Waals surface area (Å²) in [4.78, 5) is 12.3. The summed E-state index contributed by atoms with van der Waals surface area (Å²) in [5.74, 6) is 0.0222. The van der Waals surface area contributed by atoms with Crippen LogP contribution in [0, 0.1) is 0 Å². The molecule has 0 bridgehead atoms. The van der Waals surface area contributed by atoms with Gasteiger partial charge in [-0.3, -0.25) is 9.52 Å². The zero-order valence-electron chi connectivity index (χ0n) is 13.8. The Morgan fingerprint density at radius 3 is 2.42 bits per heavy atom. The molecule has 0 fully saturated rings. The van der Waals surface area contributed by atoms with Crippen LogP contribution >= 0.6 is 0 Å². The van der Waals surface area contributed by atoms with Crippen LogP contribution in [0.2, 0.25) is 0 Å². The fraction of sp³-hybridized carbons (Fsp3) is 0.278. The van der Waals surface area contributed by atoms with Crippen molar-refractivity contribution in [1.29, 1.82) is 0 Å². The van der Waals surface area contributed by atoms with E-state index in [9.17, 15) is 13.2 Å². The van der Waals surface area contributed by atoms with E-state index >= 15 is 0 Å². The minimum atomic E-state index is -3.37. The van der Waals surface area contributed by atoms with Crippen LogP contribution in [0.15, 0.2) is 54.6 Å². The third-order valence-corrected chi connectivity index (χ3v) is 4.31. The lowest BCUT2D eigenvalue weighted by Crippen LogP contribution is -2.28. The standard InChI is InChI=1S/C18H22N2O3S/c1-3-14(15-8-5-4-6-9-15)13-19-18(21)16-10-7-11-17(12-16)20-24(2,22)23/h4-12,14,20H,3,13H2,1-2H3,(H,19,21). The van der Waals surface area contributed by atoms with Crippen LogP contribution in [0.3, 0.4) is 0 Å². The first-order chi connectivity index (χ1) is 11.4. The first kappa shape index (κ1) is 18.0. The first-order valence-corrected chi connectivity index (χ1v) is 9.69. The molecule has 0 aliphatic heterocycles. The summed E-state index contributed by atoms with van der Waals surface area (Å²) in [5, 5.41) is 2.92. The average molecular weight is 346 g/mol. The fourth-order valence-corrected chi connectivity index (χ4v) is 3.03. The van der Waals surface area contributed by atoms with E-state index in [0.717, 1.165) is 12.7 Å². The number of hydrogen-bond acceptors (Lipinski definition) is 3. The van der Waals surface area contributed by atoms with Crippen LogP contribution in [0.5, 0.6) is 0 Å². The van der Waals surface area contributed by atoms with Crippen molar-refractivity contribution in [3.05, 3.63) is 65.7 Å². The predicted octanol–water partition coefficient (Wildman–Crippen LogP) is 2.98. The van der Waals surface area contributed by atoms with Crippen LogP contribution in [-0.2, 0) is 10.0 Å². The molecule has 0 saturated heterocycles. The quantitative estimate of drug-likeness (QED) is 0.809. The number of nitrogens with one attached hydrogen (secondary N) is 2. The van der Waals surface area contributed by atoms with Crippen molar-refractivity contribution >= 4 is 21.6 Å². The van der Waals surface area contributed by atoms with E-state index in [0.29, 0.717) is 17.8 Å². The summed E-state index contributed by atoms with van der Waals surface area (Å²) in [6.07, 6.45) is 1.99. The van der Waals surface area contributed by atoms with Crippen molar-refractivity contribution in [2.24, 2.45) is 0 Å². The van der Waals surface area contributed by atoms with Gasteiger partial charge in [0.2, 0.25) is 10.0 Å². The lowest BCUT2D eigenvalue weighted by Gasteiger charge is -2.16. The monoisotopic (exact) mass is 346 g/mol. The highest BCUT2D eigenvalue weighted by atomic mass is 32.2. The molecule has 0 saturated carbocycles. The van der Waals surface area contributed by atoms with Gasteiger partial charge in [-0.25, -0.2) is 8.42 Å². The van der Waals surface area contributed by atoms with Gasteiger partial charge in [0.1, 0.15) is 0 Å². The number of carbonyl (C=O) groups excluding carboxylic acids is 1. The van der Waals surface area contributed by atoms with Gasteiger partial charge < -0.3 is 5.32 Å². The molecular formula is C18H22N2O3S. The van der Waals surface area contributed by atoms with E-state index in [2.05, 4.69) is 29.1 Å². The van der Waals surface area contributed by atoms with E-state index < -0.39 is 10.0 Å². The Morgan fingerprint density at radius 2 is 1.79 bits per heavy atom. The minimum Gasteiger partial charge on any atom is -0.351 e. The van der Waals surface area contributed by atoms with Crippen LogP contribution in [0.4, 0.5) is 5.69 Å². The molecule has 2 N–H and O–H groups in total. The molecule has 0 aromatic heterocycles. The van der Waals surface area contributed by atoms with Crippen molar-refractivity contribution < 1.29 is 13.2 Å². The first-order valence-electron chi connectivity index (χ1n) is 7.80. The highest BCUT2D eigenvalue weighted by Gasteiger charge is 2.12. The summed E-state index contributed by atoms with van der Waals surface area (Å²) in [6.45, 7) is 2.61. The number of anilines is 1. The maximum Gasteiger partial charge on any atom is 0.251 e. The normalized spacial score (nSPS) is 12.4. The molecule has 2 aromatic carbocycles. The maximum absolute atomic E-state index is 12.3. The van der Waals surface area contributed by atoms with Gasteiger partial charge in [0.05, 0.1) is 6.26 Å². The topological polar surface area (TPSA) is 75.3 Å². The number of rotatable bonds is 7. The molecule has 0 radical (unpaired) electrons. The molecule has 0 aliphatic rings. The maximum atomic E-state index is 12.3.